The van der Waals surface area contributed by atoms with Crippen molar-refractivity contribution in [1.29, 1.82) is 0 Å². The average molecular weight is 262 g/mol. The zero-order valence-electron chi connectivity index (χ0n) is 12.0. The van der Waals surface area contributed by atoms with E-state index in [1.807, 2.05) is 0 Å². The molecule has 3 aliphatic carbocycles. The van der Waals surface area contributed by atoms with Crippen LogP contribution in [0.1, 0.15) is 51.4 Å². The van der Waals surface area contributed by atoms with Crippen molar-refractivity contribution in [3.8, 4) is 0 Å². The molecule has 0 aromatic carbocycles. The fraction of sp³-hybridized carbons (Fsp3) is 0.824. The van der Waals surface area contributed by atoms with Gasteiger partial charge in [0.1, 0.15) is 0 Å². The van der Waals surface area contributed by atoms with E-state index in [4.69, 9.17) is 4.74 Å². The van der Waals surface area contributed by atoms with Gasteiger partial charge in [0.25, 0.3) is 0 Å². The quantitative estimate of drug-likeness (QED) is 0.556. The lowest BCUT2D eigenvalue weighted by Crippen LogP contribution is -2.39. The minimum absolute atomic E-state index is 0.0526. The Hall–Kier alpha value is -0.790. The van der Waals surface area contributed by atoms with Gasteiger partial charge < -0.3 is 4.74 Å². The molecule has 0 N–H and O–H groups in total. The molecule has 0 heterocycles. The van der Waals surface area contributed by atoms with Gasteiger partial charge in [-0.25, -0.2) is 0 Å². The van der Waals surface area contributed by atoms with Crippen molar-refractivity contribution in [2.24, 2.45) is 29.6 Å². The van der Waals surface area contributed by atoms with Crippen LogP contribution in [0, 0.1) is 29.6 Å². The topological polar surface area (TPSA) is 26.3 Å². The Bertz CT molecular complexity index is 354. The van der Waals surface area contributed by atoms with Crippen molar-refractivity contribution >= 4 is 5.97 Å². The second kappa shape index (κ2) is 5.68. The Labute approximate surface area is 116 Å². The van der Waals surface area contributed by atoms with Crippen LogP contribution in [0.5, 0.6) is 0 Å². The van der Waals surface area contributed by atoms with Crippen LogP contribution in [-0.4, -0.2) is 13.1 Å². The van der Waals surface area contributed by atoms with E-state index in [2.05, 4.69) is 12.2 Å². The third kappa shape index (κ3) is 2.46. The number of fused-ring (bicyclic) bond motifs is 1. The van der Waals surface area contributed by atoms with Crippen LogP contribution in [0.15, 0.2) is 12.2 Å². The van der Waals surface area contributed by atoms with Gasteiger partial charge in [-0.2, -0.15) is 0 Å². The standard InChI is InChI=1S/C17H26O2/c1-19-17(18)16-14-9-5-8-13(14)10-11-15(16)12-6-3-2-4-7-12/h10-16H,2-9H2,1H3/t13-,14-,15-,16+/m0/s1. The summed E-state index contributed by atoms with van der Waals surface area (Å²) < 4.78 is 5.15. The minimum Gasteiger partial charge on any atom is -0.469 e. The van der Waals surface area contributed by atoms with Crippen LogP contribution in [0.4, 0.5) is 0 Å². The summed E-state index contributed by atoms with van der Waals surface area (Å²) in [5.74, 6) is 2.57. The molecule has 0 amide bonds. The zero-order valence-corrected chi connectivity index (χ0v) is 12.0. The Balaban J connectivity index is 1.83. The van der Waals surface area contributed by atoms with Crippen LogP contribution < -0.4 is 0 Å². The molecule has 106 valence electrons. The van der Waals surface area contributed by atoms with E-state index in [0.717, 1.165) is 5.92 Å². The fourth-order valence-corrected chi connectivity index (χ4v) is 4.82. The number of esters is 1. The van der Waals surface area contributed by atoms with Gasteiger partial charge in [0.2, 0.25) is 0 Å². The molecule has 2 fully saturated rings. The largest absolute Gasteiger partial charge is 0.469 e. The van der Waals surface area contributed by atoms with Crippen LogP contribution in [0.25, 0.3) is 0 Å². The summed E-state index contributed by atoms with van der Waals surface area (Å²) >= 11 is 0. The third-order valence-electron chi connectivity index (χ3n) is 5.75. The molecule has 0 spiro atoms. The lowest BCUT2D eigenvalue weighted by atomic mass is 9.65. The first-order valence-electron chi connectivity index (χ1n) is 8.07. The molecule has 2 nitrogen and oxygen atoms in total. The van der Waals surface area contributed by atoms with Crippen molar-refractivity contribution in [2.75, 3.05) is 7.11 Å². The molecule has 0 bridgehead atoms. The molecule has 2 heteroatoms. The van der Waals surface area contributed by atoms with Crippen molar-refractivity contribution in [1.82, 2.24) is 0 Å². The maximum Gasteiger partial charge on any atom is 0.309 e. The van der Waals surface area contributed by atoms with Gasteiger partial charge in [-0.3, -0.25) is 4.79 Å². The summed E-state index contributed by atoms with van der Waals surface area (Å²) in [6.45, 7) is 0. The van der Waals surface area contributed by atoms with Gasteiger partial charge in [-0.1, -0.05) is 37.8 Å². The van der Waals surface area contributed by atoms with E-state index < -0.39 is 0 Å². The normalized spacial score (nSPS) is 39.0. The molecule has 0 saturated heterocycles. The van der Waals surface area contributed by atoms with Gasteiger partial charge in [-0.05, 0) is 49.4 Å². The lowest BCUT2D eigenvalue weighted by Gasteiger charge is -2.40. The first-order valence-corrected chi connectivity index (χ1v) is 8.07. The number of carbonyl (C=O) groups is 1. The van der Waals surface area contributed by atoms with Gasteiger partial charge >= 0.3 is 5.97 Å². The van der Waals surface area contributed by atoms with E-state index in [9.17, 15) is 4.79 Å². The fourth-order valence-electron chi connectivity index (χ4n) is 4.82. The first kappa shape index (κ1) is 13.2. The van der Waals surface area contributed by atoms with Gasteiger partial charge in [0, 0.05) is 0 Å². The van der Waals surface area contributed by atoms with Crippen LogP contribution in [0.3, 0.4) is 0 Å². The lowest BCUT2D eigenvalue weighted by molar-refractivity contribution is -0.151. The summed E-state index contributed by atoms with van der Waals surface area (Å²) in [4.78, 5) is 12.3. The third-order valence-corrected chi connectivity index (χ3v) is 5.75. The molecule has 0 radical (unpaired) electrons. The number of ether oxygens (including phenoxy) is 1. The van der Waals surface area contributed by atoms with Gasteiger partial charge in [-0.15, -0.1) is 0 Å². The summed E-state index contributed by atoms with van der Waals surface area (Å²) in [5, 5.41) is 0. The SMILES string of the molecule is COC(=O)[C@@H]1[C@H]2CCC[C@H]2C=C[C@H]1C1CCCCC1. The van der Waals surface area contributed by atoms with Crippen molar-refractivity contribution in [3.63, 3.8) is 0 Å². The van der Waals surface area contributed by atoms with Crippen molar-refractivity contribution < 1.29 is 9.53 Å². The highest BCUT2D eigenvalue weighted by atomic mass is 16.5. The van der Waals surface area contributed by atoms with E-state index in [0.29, 0.717) is 17.8 Å². The molecule has 0 unspecified atom stereocenters. The average Bonchev–Trinajstić information content (AvgIpc) is 2.94. The maximum absolute atomic E-state index is 12.3. The summed E-state index contributed by atoms with van der Waals surface area (Å²) in [5.41, 5.74) is 0. The first-order chi connectivity index (χ1) is 9.31. The van der Waals surface area contributed by atoms with Crippen molar-refractivity contribution in [3.05, 3.63) is 12.2 Å². The Morgan fingerprint density at radius 2 is 1.79 bits per heavy atom. The van der Waals surface area contributed by atoms with Gasteiger partial charge in [0.05, 0.1) is 13.0 Å². The molecule has 0 aliphatic heterocycles. The van der Waals surface area contributed by atoms with Gasteiger partial charge in [0.15, 0.2) is 0 Å². The Kier molecular flexibility index (Phi) is 3.95. The van der Waals surface area contributed by atoms with E-state index >= 15 is 0 Å². The van der Waals surface area contributed by atoms with E-state index in [1.165, 1.54) is 51.4 Å². The molecule has 0 aromatic rings. The Morgan fingerprint density at radius 3 is 2.53 bits per heavy atom. The number of hydrogen-bond donors (Lipinski definition) is 0. The van der Waals surface area contributed by atoms with E-state index in [1.54, 1.807) is 7.11 Å². The predicted molar refractivity (Wildman–Crippen MR) is 75.5 cm³/mol. The molecule has 0 aromatic heterocycles. The number of allylic oxidation sites excluding steroid dienone is 2. The highest BCUT2D eigenvalue weighted by molar-refractivity contribution is 5.74. The molecule has 2 saturated carbocycles. The number of hydrogen-bond acceptors (Lipinski definition) is 2. The predicted octanol–water partition coefficient (Wildman–Crippen LogP) is 3.96. The van der Waals surface area contributed by atoms with Crippen LogP contribution in [0.2, 0.25) is 0 Å². The maximum atomic E-state index is 12.3. The molecule has 3 aliphatic rings. The molecular weight excluding hydrogens is 236 g/mol. The summed E-state index contributed by atoms with van der Waals surface area (Å²) in [6.07, 6.45) is 15.3. The summed E-state index contributed by atoms with van der Waals surface area (Å²) in [6, 6.07) is 0. The Morgan fingerprint density at radius 1 is 1.00 bits per heavy atom. The zero-order chi connectivity index (χ0) is 13.2. The van der Waals surface area contributed by atoms with Crippen LogP contribution >= 0.6 is 0 Å². The smallest absolute Gasteiger partial charge is 0.309 e. The molecule has 19 heavy (non-hydrogen) atoms. The number of methoxy groups -OCH3 is 1. The van der Waals surface area contributed by atoms with Crippen LogP contribution in [-0.2, 0) is 9.53 Å². The molecule has 3 rings (SSSR count). The van der Waals surface area contributed by atoms with E-state index in [-0.39, 0.29) is 11.9 Å². The second-order valence-corrected chi connectivity index (χ2v) is 6.67. The highest BCUT2D eigenvalue weighted by Crippen LogP contribution is 2.49. The second-order valence-electron chi connectivity index (χ2n) is 6.67. The van der Waals surface area contributed by atoms with Crippen molar-refractivity contribution in [2.45, 2.75) is 51.4 Å². The minimum atomic E-state index is 0.0526. The molecular formula is C17H26O2. The molecule has 4 atom stereocenters. The number of carbonyl (C=O) groups excluding carboxylic acids is 1. The highest BCUT2D eigenvalue weighted by Gasteiger charge is 2.45. The summed E-state index contributed by atoms with van der Waals surface area (Å²) in [7, 11) is 1.56. The number of rotatable bonds is 2. The monoisotopic (exact) mass is 262 g/mol.